The maximum Gasteiger partial charge on any atom is 0.296 e. The topological polar surface area (TPSA) is 84.4 Å². The van der Waals surface area contributed by atoms with Crippen molar-refractivity contribution in [2.75, 3.05) is 23.7 Å². The van der Waals surface area contributed by atoms with Crippen molar-refractivity contribution in [3.8, 4) is 22.7 Å². The lowest BCUT2D eigenvalue weighted by Crippen LogP contribution is -2.30. The number of phenolic OH excluding ortho intramolecular Hbond substituents is 1. The molecule has 0 amide bonds. The third-order valence-electron chi connectivity index (χ3n) is 5.08. The van der Waals surface area contributed by atoms with Crippen LogP contribution in [0.4, 0.5) is 15.8 Å². The Hall–Kier alpha value is -3.35. The maximum absolute atomic E-state index is 13.4. The van der Waals surface area contributed by atoms with Crippen LogP contribution in [-0.2, 0) is 0 Å². The summed E-state index contributed by atoms with van der Waals surface area (Å²) >= 11 is 0. The molecule has 0 spiro atoms. The van der Waals surface area contributed by atoms with E-state index in [1.54, 1.807) is 31.2 Å². The number of hydrogen-bond donors (Lipinski definition) is 2. The molecule has 3 N–H and O–H groups in total. The highest BCUT2D eigenvalue weighted by molar-refractivity contribution is 5.84. The molecule has 0 bridgehead atoms. The highest BCUT2D eigenvalue weighted by atomic mass is 19.1. The first-order valence-electron chi connectivity index (χ1n) is 9.19. The van der Waals surface area contributed by atoms with E-state index in [1.807, 2.05) is 0 Å². The molecule has 0 unspecified atom stereocenters. The van der Waals surface area contributed by atoms with Gasteiger partial charge in [-0.3, -0.25) is 4.79 Å². The normalized spacial score (nSPS) is 13.9. The number of anilines is 2. The van der Waals surface area contributed by atoms with E-state index >= 15 is 0 Å². The molecule has 7 heteroatoms. The molecule has 3 aromatic rings. The quantitative estimate of drug-likeness (QED) is 0.729. The molecule has 1 aromatic heterocycles. The number of nitrogen functional groups attached to an aromatic ring is 1. The van der Waals surface area contributed by atoms with Crippen LogP contribution in [0, 0.1) is 12.7 Å². The molecule has 1 aliphatic heterocycles. The lowest BCUT2D eigenvalue weighted by molar-refractivity contribution is 0.470. The molecule has 0 radical (unpaired) electrons. The molecule has 1 aliphatic rings. The minimum Gasteiger partial charge on any atom is -0.508 e. The lowest BCUT2D eigenvalue weighted by atomic mass is 10.1. The van der Waals surface area contributed by atoms with Gasteiger partial charge in [-0.05, 0) is 55.7 Å². The van der Waals surface area contributed by atoms with Crippen LogP contribution in [0.15, 0.2) is 47.3 Å². The molecule has 28 heavy (non-hydrogen) atoms. The highest BCUT2D eigenvalue weighted by Crippen LogP contribution is 2.35. The second-order valence-corrected chi connectivity index (χ2v) is 7.00. The third kappa shape index (κ3) is 3.09. The summed E-state index contributed by atoms with van der Waals surface area (Å²) < 4.78 is 14.6. The molecule has 6 nitrogen and oxygen atoms in total. The third-order valence-corrected chi connectivity index (χ3v) is 5.08. The zero-order chi connectivity index (χ0) is 19.8. The van der Waals surface area contributed by atoms with E-state index in [9.17, 15) is 14.3 Å². The summed E-state index contributed by atoms with van der Waals surface area (Å²) in [6.07, 6.45) is 2.02. The van der Waals surface area contributed by atoms with E-state index in [1.165, 1.54) is 22.9 Å². The van der Waals surface area contributed by atoms with Crippen molar-refractivity contribution in [1.82, 2.24) is 9.78 Å². The number of nitrogens with zero attached hydrogens (tertiary/aromatic N) is 3. The lowest BCUT2D eigenvalue weighted by Gasteiger charge is -2.23. The molecule has 1 saturated heterocycles. The average Bonchev–Trinajstić information content (AvgIpc) is 3.21. The molecule has 4 rings (SSSR count). The summed E-state index contributed by atoms with van der Waals surface area (Å²) in [6.45, 7) is 3.34. The Bertz CT molecular complexity index is 1090. The van der Waals surface area contributed by atoms with Crippen LogP contribution in [0.3, 0.4) is 0 Å². The Morgan fingerprint density at radius 2 is 1.79 bits per heavy atom. The fourth-order valence-corrected chi connectivity index (χ4v) is 3.50. The van der Waals surface area contributed by atoms with Crippen molar-refractivity contribution < 1.29 is 9.50 Å². The molecule has 0 saturated carbocycles. The van der Waals surface area contributed by atoms with Crippen molar-refractivity contribution in [1.29, 1.82) is 0 Å². The number of aromatic hydroxyl groups is 1. The smallest absolute Gasteiger partial charge is 0.296 e. The van der Waals surface area contributed by atoms with Gasteiger partial charge in [0.1, 0.15) is 22.9 Å². The zero-order valence-corrected chi connectivity index (χ0v) is 15.5. The fourth-order valence-electron chi connectivity index (χ4n) is 3.50. The Balaban J connectivity index is 1.97. The van der Waals surface area contributed by atoms with Gasteiger partial charge in [-0.25, -0.2) is 4.39 Å². The van der Waals surface area contributed by atoms with E-state index in [2.05, 4.69) is 10.00 Å². The number of nitrogens with two attached hydrogens (primary N) is 1. The molecule has 0 atom stereocenters. The Labute approximate surface area is 161 Å². The predicted molar refractivity (Wildman–Crippen MR) is 107 cm³/mol. The van der Waals surface area contributed by atoms with Crippen molar-refractivity contribution in [2.24, 2.45) is 0 Å². The van der Waals surface area contributed by atoms with Crippen LogP contribution in [0.1, 0.15) is 18.4 Å². The van der Waals surface area contributed by atoms with Crippen LogP contribution >= 0.6 is 0 Å². The molecular formula is C21H21FN4O2. The number of aromatic nitrogens is 2. The SMILES string of the molecule is Cc1ccc(-n2nc(-c3ccc(F)cc3)c(N3CCCC3)c(N)c2=O)cc1O. The van der Waals surface area contributed by atoms with E-state index in [4.69, 9.17) is 5.73 Å². The van der Waals surface area contributed by atoms with Crippen molar-refractivity contribution >= 4 is 11.4 Å². The van der Waals surface area contributed by atoms with Crippen LogP contribution in [0.5, 0.6) is 5.75 Å². The van der Waals surface area contributed by atoms with Gasteiger partial charge in [0, 0.05) is 24.7 Å². The van der Waals surface area contributed by atoms with Crippen LogP contribution in [-0.4, -0.2) is 28.0 Å². The molecule has 0 aliphatic carbocycles. The molecule has 144 valence electrons. The molecule has 1 fully saturated rings. The van der Waals surface area contributed by atoms with Gasteiger partial charge in [0.2, 0.25) is 0 Å². The first kappa shape index (κ1) is 18.0. The first-order chi connectivity index (χ1) is 13.5. The van der Waals surface area contributed by atoms with Gasteiger partial charge in [-0.15, -0.1) is 0 Å². The Morgan fingerprint density at radius 1 is 1.11 bits per heavy atom. The average molecular weight is 380 g/mol. The summed E-state index contributed by atoms with van der Waals surface area (Å²) in [5.74, 6) is -0.284. The molecule has 2 aromatic carbocycles. The minimum absolute atomic E-state index is 0.0664. The predicted octanol–water partition coefficient (Wildman–Crippen LogP) is 3.24. The number of benzene rings is 2. The monoisotopic (exact) mass is 380 g/mol. The van der Waals surface area contributed by atoms with Crippen molar-refractivity contribution in [2.45, 2.75) is 19.8 Å². The first-order valence-corrected chi connectivity index (χ1v) is 9.19. The second-order valence-electron chi connectivity index (χ2n) is 7.00. The number of halogens is 1. The fraction of sp³-hybridized carbons (Fsp3) is 0.238. The van der Waals surface area contributed by atoms with Gasteiger partial charge in [-0.2, -0.15) is 9.78 Å². The summed E-state index contributed by atoms with van der Waals surface area (Å²) in [4.78, 5) is 15.0. The van der Waals surface area contributed by atoms with Crippen LogP contribution < -0.4 is 16.2 Å². The van der Waals surface area contributed by atoms with Gasteiger partial charge >= 0.3 is 0 Å². The highest BCUT2D eigenvalue weighted by Gasteiger charge is 2.24. The number of rotatable bonds is 3. The number of aryl methyl sites for hydroxylation is 1. The summed E-state index contributed by atoms with van der Waals surface area (Å²) in [5, 5.41) is 14.6. The second kappa shape index (κ2) is 6.99. The minimum atomic E-state index is -0.448. The van der Waals surface area contributed by atoms with Crippen molar-refractivity contribution in [3.05, 3.63) is 64.2 Å². The zero-order valence-electron chi connectivity index (χ0n) is 15.5. The van der Waals surface area contributed by atoms with Gasteiger partial charge in [-0.1, -0.05) is 6.07 Å². The van der Waals surface area contributed by atoms with Gasteiger partial charge in [0.25, 0.3) is 5.56 Å². The van der Waals surface area contributed by atoms with Gasteiger partial charge in [0.15, 0.2) is 0 Å². The molecule has 2 heterocycles. The summed E-state index contributed by atoms with van der Waals surface area (Å²) in [6, 6.07) is 10.8. The standard InChI is InChI=1S/C21H21FN4O2/c1-13-4-9-16(12-17(13)27)26-21(28)18(23)20(25-10-2-3-11-25)19(24-26)14-5-7-15(22)8-6-14/h4-9,12,27H,2-3,10-11,23H2,1H3. The summed E-state index contributed by atoms with van der Waals surface area (Å²) in [7, 11) is 0. The van der Waals surface area contributed by atoms with E-state index in [0.717, 1.165) is 25.9 Å². The van der Waals surface area contributed by atoms with Gasteiger partial charge < -0.3 is 15.7 Å². The van der Waals surface area contributed by atoms with E-state index in [-0.39, 0.29) is 17.3 Å². The van der Waals surface area contributed by atoms with Crippen LogP contribution in [0.2, 0.25) is 0 Å². The Kier molecular flexibility index (Phi) is 4.50. The van der Waals surface area contributed by atoms with Crippen LogP contribution in [0.25, 0.3) is 16.9 Å². The van der Waals surface area contributed by atoms with E-state index in [0.29, 0.717) is 28.2 Å². The Morgan fingerprint density at radius 3 is 2.43 bits per heavy atom. The van der Waals surface area contributed by atoms with Gasteiger partial charge in [0.05, 0.1) is 11.4 Å². The maximum atomic E-state index is 13.4. The molecular weight excluding hydrogens is 359 g/mol. The van der Waals surface area contributed by atoms with E-state index < -0.39 is 5.56 Å². The number of phenols is 1. The number of hydrogen-bond acceptors (Lipinski definition) is 5. The summed E-state index contributed by atoms with van der Waals surface area (Å²) in [5.41, 5.74) is 8.80. The largest absolute Gasteiger partial charge is 0.508 e. The van der Waals surface area contributed by atoms with Crippen molar-refractivity contribution in [3.63, 3.8) is 0 Å².